The fourth-order valence-corrected chi connectivity index (χ4v) is 1.20. The molecule has 0 fully saturated rings. The van der Waals surface area contributed by atoms with Crippen molar-refractivity contribution in [1.82, 2.24) is 0 Å². The third kappa shape index (κ3) is 3.43. The molecule has 0 bridgehead atoms. The normalized spacial score (nSPS) is 17.2. The number of carbonyl (C=O) groups excluding carboxylic acids is 3. The van der Waals surface area contributed by atoms with E-state index >= 15 is 0 Å². The van der Waals surface area contributed by atoms with Crippen LogP contribution in [0.5, 0.6) is 0 Å². The van der Waals surface area contributed by atoms with Crippen LogP contribution in [0.15, 0.2) is 24.3 Å². The van der Waals surface area contributed by atoms with Gasteiger partial charge < -0.3 is 14.3 Å². The molecule has 1 aliphatic rings. The monoisotopic (exact) mass is 224 g/mol. The first-order valence-electron chi connectivity index (χ1n) is 4.71. The minimum atomic E-state index is -1.01. The second-order valence-electron chi connectivity index (χ2n) is 3.28. The minimum Gasteiger partial charge on any atom is -0.462 e. The summed E-state index contributed by atoms with van der Waals surface area (Å²) in [5, 5.41) is 0. The van der Waals surface area contributed by atoms with Gasteiger partial charge in [0, 0.05) is 6.92 Å². The van der Waals surface area contributed by atoms with Crippen molar-refractivity contribution in [3.05, 3.63) is 24.3 Å². The zero-order chi connectivity index (χ0) is 12.0. The summed E-state index contributed by atoms with van der Waals surface area (Å²) in [6.45, 7) is 1.08. The van der Waals surface area contributed by atoms with Crippen LogP contribution in [0.25, 0.3) is 0 Å². The van der Waals surface area contributed by atoms with Gasteiger partial charge in [0.15, 0.2) is 5.78 Å². The lowest BCUT2D eigenvalue weighted by Crippen LogP contribution is -2.36. The molecular weight excluding hydrogens is 212 g/mol. The van der Waals surface area contributed by atoms with E-state index in [2.05, 4.69) is 0 Å². The molecule has 0 radical (unpaired) electrons. The molecule has 0 atom stereocenters. The summed E-state index contributed by atoms with van der Waals surface area (Å²) in [7, 11) is 0. The number of aldehydes is 1. The SMILES string of the molecule is CC(=O)OCC1(OCC=O)C=CC(=O)C=C1. The third-order valence-corrected chi connectivity index (χ3v) is 1.98. The molecule has 0 aromatic carbocycles. The standard InChI is InChI=1S/C11H12O5/c1-9(13)15-8-11(16-7-6-12)4-2-10(14)3-5-11/h2-6H,7-8H2,1H3. The smallest absolute Gasteiger partial charge is 0.302 e. The van der Waals surface area contributed by atoms with Crippen molar-refractivity contribution in [3.8, 4) is 0 Å². The Morgan fingerprint density at radius 2 is 2.06 bits per heavy atom. The molecule has 5 heteroatoms. The maximum absolute atomic E-state index is 11.0. The Bertz CT molecular complexity index is 337. The molecule has 0 amide bonds. The second-order valence-corrected chi connectivity index (χ2v) is 3.28. The fourth-order valence-electron chi connectivity index (χ4n) is 1.20. The Balaban J connectivity index is 2.72. The molecule has 0 aromatic heterocycles. The van der Waals surface area contributed by atoms with Crippen LogP contribution in [0.3, 0.4) is 0 Å². The summed E-state index contributed by atoms with van der Waals surface area (Å²) >= 11 is 0. The molecule has 1 aliphatic carbocycles. The highest BCUT2D eigenvalue weighted by atomic mass is 16.6. The summed E-state index contributed by atoms with van der Waals surface area (Å²) in [5.41, 5.74) is -1.01. The predicted octanol–water partition coefficient (Wildman–Crippen LogP) is 0.199. The Labute approximate surface area is 92.7 Å². The van der Waals surface area contributed by atoms with E-state index in [1.54, 1.807) is 0 Å². The second kappa shape index (κ2) is 5.37. The van der Waals surface area contributed by atoms with Crippen LogP contribution in [0.4, 0.5) is 0 Å². The summed E-state index contributed by atoms with van der Waals surface area (Å²) in [6, 6.07) is 0. The van der Waals surface area contributed by atoms with E-state index in [9.17, 15) is 14.4 Å². The molecule has 0 saturated heterocycles. The number of esters is 1. The van der Waals surface area contributed by atoms with Gasteiger partial charge in [-0.1, -0.05) is 0 Å². The van der Waals surface area contributed by atoms with E-state index < -0.39 is 11.6 Å². The number of ether oxygens (including phenoxy) is 2. The van der Waals surface area contributed by atoms with Gasteiger partial charge in [-0.3, -0.25) is 9.59 Å². The molecule has 86 valence electrons. The van der Waals surface area contributed by atoms with Gasteiger partial charge in [-0.2, -0.15) is 0 Å². The number of ketones is 1. The lowest BCUT2D eigenvalue weighted by Gasteiger charge is -2.27. The van der Waals surface area contributed by atoms with Crippen molar-refractivity contribution in [1.29, 1.82) is 0 Å². The van der Waals surface area contributed by atoms with Crippen molar-refractivity contribution in [2.24, 2.45) is 0 Å². The highest BCUT2D eigenvalue weighted by molar-refractivity contribution is 6.00. The average Bonchev–Trinajstić information content (AvgIpc) is 2.27. The van der Waals surface area contributed by atoms with Crippen molar-refractivity contribution >= 4 is 18.0 Å². The van der Waals surface area contributed by atoms with E-state index in [0.29, 0.717) is 6.29 Å². The van der Waals surface area contributed by atoms with Crippen molar-refractivity contribution < 1.29 is 23.9 Å². The molecular formula is C11H12O5. The van der Waals surface area contributed by atoms with Crippen LogP contribution in [-0.2, 0) is 23.9 Å². The zero-order valence-corrected chi connectivity index (χ0v) is 8.84. The van der Waals surface area contributed by atoms with E-state index in [0.717, 1.165) is 0 Å². The molecule has 5 nitrogen and oxygen atoms in total. The van der Waals surface area contributed by atoms with Gasteiger partial charge in [0.1, 0.15) is 25.1 Å². The maximum Gasteiger partial charge on any atom is 0.302 e. The maximum atomic E-state index is 11.0. The number of hydrogen-bond donors (Lipinski definition) is 0. The Hall–Kier alpha value is -1.75. The Morgan fingerprint density at radius 3 is 2.56 bits per heavy atom. The molecule has 0 N–H and O–H groups in total. The average molecular weight is 224 g/mol. The van der Waals surface area contributed by atoms with Crippen molar-refractivity contribution in [2.45, 2.75) is 12.5 Å². The fraction of sp³-hybridized carbons (Fsp3) is 0.364. The molecule has 0 aliphatic heterocycles. The van der Waals surface area contributed by atoms with Gasteiger partial charge in [0.25, 0.3) is 0 Å². The quantitative estimate of drug-likeness (QED) is 0.493. The van der Waals surface area contributed by atoms with E-state index in [-0.39, 0.29) is 19.0 Å². The van der Waals surface area contributed by atoms with Crippen LogP contribution >= 0.6 is 0 Å². The van der Waals surface area contributed by atoms with Gasteiger partial charge >= 0.3 is 5.97 Å². The summed E-state index contributed by atoms with van der Waals surface area (Å²) in [6.07, 6.45) is 6.17. The molecule has 0 aromatic rings. The van der Waals surface area contributed by atoms with Gasteiger partial charge in [-0.25, -0.2) is 0 Å². The van der Waals surface area contributed by atoms with Crippen LogP contribution in [0, 0.1) is 0 Å². The highest BCUT2D eigenvalue weighted by Gasteiger charge is 2.29. The van der Waals surface area contributed by atoms with E-state index in [4.69, 9.17) is 9.47 Å². The molecule has 0 heterocycles. The highest BCUT2D eigenvalue weighted by Crippen LogP contribution is 2.19. The van der Waals surface area contributed by atoms with Crippen LogP contribution in [0.1, 0.15) is 6.92 Å². The molecule has 0 unspecified atom stereocenters. The Kier molecular flexibility index (Phi) is 4.13. The van der Waals surface area contributed by atoms with E-state index in [1.165, 1.54) is 31.2 Å². The van der Waals surface area contributed by atoms with Gasteiger partial charge in [0.05, 0.1) is 0 Å². The number of rotatable bonds is 5. The first kappa shape index (κ1) is 12.3. The first-order chi connectivity index (χ1) is 7.58. The molecule has 1 rings (SSSR count). The molecule has 0 spiro atoms. The minimum absolute atomic E-state index is 0.0591. The van der Waals surface area contributed by atoms with Crippen LogP contribution in [-0.4, -0.2) is 36.9 Å². The number of hydrogen-bond acceptors (Lipinski definition) is 5. The summed E-state index contributed by atoms with van der Waals surface area (Å²) < 4.78 is 10.1. The van der Waals surface area contributed by atoms with Gasteiger partial charge in [-0.05, 0) is 24.3 Å². The topological polar surface area (TPSA) is 69.7 Å². The summed E-state index contributed by atoms with van der Waals surface area (Å²) in [4.78, 5) is 31.9. The molecule has 16 heavy (non-hydrogen) atoms. The third-order valence-electron chi connectivity index (χ3n) is 1.98. The van der Waals surface area contributed by atoms with Gasteiger partial charge in [0.2, 0.25) is 0 Å². The number of allylic oxidation sites excluding steroid dienone is 2. The van der Waals surface area contributed by atoms with E-state index in [1.807, 2.05) is 0 Å². The predicted molar refractivity (Wildman–Crippen MR) is 54.7 cm³/mol. The first-order valence-corrected chi connectivity index (χ1v) is 4.71. The van der Waals surface area contributed by atoms with Crippen molar-refractivity contribution in [2.75, 3.05) is 13.2 Å². The largest absolute Gasteiger partial charge is 0.462 e. The number of carbonyl (C=O) groups is 3. The lowest BCUT2D eigenvalue weighted by atomic mass is 9.98. The Morgan fingerprint density at radius 1 is 1.44 bits per heavy atom. The van der Waals surface area contributed by atoms with Gasteiger partial charge in [-0.15, -0.1) is 0 Å². The van der Waals surface area contributed by atoms with Crippen LogP contribution in [0.2, 0.25) is 0 Å². The zero-order valence-electron chi connectivity index (χ0n) is 8.84. The van der Waals surface area contributed by atoms with Crippen molar-refractivity contribution in [3.63, 3.8) is 0 Å². The molecule has 0 saturated carbocycles. The lowest BCUT2D eigenvalue weighted by molar-refractivity contribution is -0.147. The van der Waals surface area contributed by atoms with Crippen LogP contribution < -0.4 is 0 Å². The summed E-state index contributed by atoms with van der Waals surface area (Å²) in [5.74, 6) is -0.624.